The first kappa shape index (κ1) is 14.4. The van der Waals surface area contributed by atoms with Gasteiger partial charge >= 0.3 is 0 Å². The van der Waals surface area contributed by atoms with Crippen LogP contribution in [-0.2, 0) is 0 Å². The summed E-state index contributed by atoms with van der Waals surface area (Å²) >= 11 is 6.88. The lowest BCUT2D eigenvalue weighted by Crippen LogP contribution is -2.09. The molecule has 3 rings (SSSR count). The molecule has 6 heteroatoms. The summed E-state index contributed by atoms with van der Waals surface area (Å²) in [7, 11) is 0. The standard InChI is InChI=1S/C15H11Br2N3O/c16-10-6-7-12(13(17)8-10)15(21)14-9-18-19-20(14)11-4-2-1-3-5-11/h1-9,15,21H. The maximum absolute atomic E-state index is 10.6. The average molecular weight is 409 g/mol. The summed E-state index contributed by atoms with van der Waals surface area (Å²) in [5.41, 5.74) is 2.24. The third-order valence-corrected chi connectivity index (χ3v) is 4.29. The summed E-state index contributed by atoms with van der Waals surface area (Å²) < 4.78 is 3.41. The van der Waals surface area contributed by atoms with Gasteiger partial charge in [0, 0.05) is 14.5 Å². The van der Waals surface area contributed by atoms with E-state index in [0.717, 1.165) is 20.2 Å². The highest BCUT2D eigenvalue weighted by molar-refractivity contribution is 9.11. The molecule has 0 amide bonds. The van der Waals surface area contributed by atoms with Crippen molar-refractivity contribution in [3.63, 3.8) is 0 Å². The fourth-order valence-electron chi connectivity index (χ4n) is 2.08. The highest BCUT2D eigenvalue weighted by atomic mass is 79.9. The molecule has 1 aromatic heterocycles. The van der Waals surface area contributed by atoms with Crippen LogP contribution in [0.4, 0.5) is 0 Å². The van der Waals surface area contributed by atoms with Gasteiger partial charge in [-0.1, -0.05) is 61.3 Å². The molecular formula is C15H11Br2N3O. The van der Waals surface area contributed by atoms with Gasteiger partial charge in [0.15, 0.2) is 0 Å². The number of aromatic nitrogens is 3. The molecule has 106 valence electrons. The topological polar surface area (TPSA) is 50.9 Å². The van der Waals surface area contributed by atoms with Crippen molar-refractivity contribution in [2.75, 3.05) is 0 Å². The van der Waals surface area contributed by atoms with E-state index < -0.39 is 6.10 Å². The molecule has 1 heterocycles. The van der Waals surface area contributed by atoms with Crippen molar-refractivity contribution in [2.45, 2.75) is 6.10 Å². The number of aliphatic hydroxyl groups is 1. The monoisotopic (exact) mass is 407 g/mol. The molecule has 0 radical (unpaired) electrons. The second-order valence-corrected chi connectivity index (χ2v) is 6.24. The van der Waals surface area contributed by atoms with Crippen LogP contribution < -0.4 is 0 Å². The molecule has 0 saturated carbocycles. The Balaban J connectivity index is 2.03. The van der Waals surface area contributed by atoms with Crippen LogP contribution in [0.25, 0.3) is 5.69 Å². The second kappa shape index (κ2) is 6.09. The van der Waals surface area contributed by atoms with Gasteiger partial charge < -0.3 is 5.11 Å². The molecule has 0 aliphatic carbocycles. The average Bonchev–Trinajstić information content (AvgIpc) is 2.97. The van der Waals surface area contributed by atoms with Crippen molar-refractivity contribution < 1.29 is 5.11 Å². The first-order valence-electron chi connectivity index (χ1n) is 6.26. The lowest BCUT2D eigenvalue weighted by molar-refractivity contribution is 0.211. The summed E-state index contributed by atoms with van der Waals surface area (Å²) in [6.07, 6.45) is 0.759. The van der Waals surface area contributed by atoms with Crippen LogP contribution in [0.1, 0.15) is 17.4 Å². The molecule has 0 bridgehead atoms. The summed E-state index contributed by atoms with van der Waals surface area (Å²) in [5.74, 6) is 0. The highest BCUT2D eigenvalue weighted by Gasteiger charge is 2.19. The van der Waals surface area contributed by atoms with E-state index in [1.165, 1.54) is 0 Å². The van der Waals surface area contributed by atoms with Gasteiger partial charge in [-0.15, -0.1) is 5.10 Å². The molecule has 0 spiro atoms. The van der Waals surface area contributed by atoms with Crippen molar-refractivity contribution >= 4 is 31.9 Å². The Morgan fingerprint density at radius 1 is 1.05 bits per heavy atom. The summed E-state index contributed by atoms with van der Waals surface area (Å²) in [6, 6.07) is 15.3. The minimum absolute atomic E-state index is 0.615. The molecule has 21 heavy (non-hydrogen) atoms. The normalized spacial score (nSPS) is 12.3. The van der Waals surface area contributed by atoms with Gasteiger partial charge in [-0.25, -0.2) is 4.68 Å². The van der Waals surface area contributed by atoms with E-state index in [1.807, 2.05) is 48.5 Å². The molecule has 4 nitrogen and oxygen atoms in total. The Hall–Kier alpha value is -1.50. The minimum Gasteiger partial charge on any atom is -0.382 e. The molecular weight excluding hydrogens is 398 g/mol. The molecule has 0 fully saturated rings. The van der Waals surface area contributed by atoms with Gasteiger partial charge in [-0.05, 0) is 24.3 Å². The highest BCUT2D eigenvalue weighted by Crippen LogP contribution is 2.31. The Morgan fingerprint density at radius 3 is 2.52 bits per heavy atom. The van der Waals surface area contributed by atoms with E-state index in [0.29, 0.717) is 5.69 Å². The van der Waals surface area contributed by atoms with Gasteiger partial charge in [0.25, 0.3) is 0 Å². The largest absolute Gasteiger partial charge is 0.382 e. The van der Waals surface area contributed by atoms with E-state index in [-0.39, 0.29) is 0 Å². The Labute approximate surface area is 138 Å². The van der Waals surface area contributed by atoms with E-state index in [4.69, 9.17) is 0 Å². The zero-order valence-electron chi connectivity index (χ0n) is 10.8. The van der Waals surface area contributed by atoms with Crippen LogP contribution >= 0.6 is 31.9 Å². The Morgan fingerprint density at radius 2 is 1.81 bits per heavy atom. The number of hydrogen-bond acceptors (Lipinski definition) is 3. The smallest absolute Gasteiger partial charge is 0.124 e. The van der Waals surface area contributed by atoms with Crippen LogP contribution in [0.5, 0.6) is 0 Å². The summed E-state index contributed by atoms with van der Waals surface area (Å²) in [4.78, 5) is 0. The number of aliphatic hydroxyl groups excluding tert-OH is 1. The van der Waals surface area contributed by atoms with Gasteiger partial charge in [-0.2, -0.15) is 0 Å². The predicted molar refractivity (Wildman–Crippen MR) is 87.3 cm³/mol. The maximum atomic E-state index is 10.6. The van der Waals surface area contributed by atoms with Crippen molar-refractivity contribution in [2.24, 2.45) is 0 Å². The van der Waals surface area contributed by atoms with Crippen molar-refractivity contribution in [3.05, 3.63) is 74.9 Å². The Kier molecular flexibility index (Phi) is 4.19. The predicted octanol–water partition coefficient (Wildman–Crippen LogP) is 3.87. The summed E-state index contributed by atoms with van der Waals surface area (Å²) in [6.45, 7) is 0. The van der Waals surface area contributed by atoms with Crippen molar-refractivity contribution in [1.29, 1.82) is 0 Å². The molecule has 0 aliphatic rings. The van der Waals surface area contributed by atoms with Gasteiger partial charge in [0.2, 0.25) is 0 Å². The Bertz CT molecular complexity index is 759. The van der Waals surface area contributed by atoms with E-state index in [9.17, 15) is 5.11 Å². The summed E-state index contributed by atoms with van der Waals surface area (Å²) in [5, 5.41) is 18.6. The lowest BCUT2D eigenvalue weighted by atomic mass is 10.1. The number of benzene rings is 2. The van der Waals surface area contributed by atoms with Crippen LogP contribution in [0.2, 0.25) is 0 Å². The van der Waals surface area contributed by atoms with Crippen LogP contribution in [-0.4, -0.2) is 20.1 Å². The molecule has 0 saturated heterocycles. The number of hydrogen-bond donors (Lipinski definition) is 1. The van der Waals surface area contributed by atoms with E-state index in [2.05, 4.69) is 42.2 Å². The first-order valence-corrected chi connectivity index (χ1v) is 7.84. The maximum Gasteiger partial charge on any atom is 0.124 e. The molecule has 1 atom stereocenters. The molecule has 1 N–H and O–H groups in total. The van der Waals surface area contributed by atoms with Gasteiger partial charge in [-0.3, -0.25) is 0 Å². The SMILES string of the molecule is OC(c1ccc(Br)cc1Br)c1cnnn1-c1ccccc1. The van der Waals surface area contributed by atoms with Gasteiger partial charge in [0.05, 0.1) is 17.6 Å². The van der Waals surface area contributed by atoms with Gasteiger partial charge in [0.1, 0.15) is 6.10 Å². The second-order valence-electron chi connectivity index (χ2n) is 4.47. The number of rotatable bonds is 3. The fourth-order valence-corrected chi connectivity index (χ4v) is 3.35. The van der Waals surface area contributed by atoms with Crippen molar-refractivity contribution in [3.8, 4) is 5.69 Å². The number of halogens is 2. The number of nitrogens with zero attached hydrogens (tertiary/aromatic N) is 3. The molecule has 3 aromatic rings. The third-order valence-electron chi connectivity index (χ3n) is 3.11. The molecule has 1 unspecified atom stereocenters. The third kappa shape index (κ3) is 2.92. The van der Waals surface area contributed by atoms with E-state index >= 15 is 0 Å². The molecule has 2 aromatic carbocycles. The zero-order chi connectivity index (χ0) is 14.8. The fraction of sp³-hybridized carbons (Fsp3) is 0.0667. The van der Waals surface area contributed by atoms with Crippen LogP contribution in [0, 0.1) is 0 Å². The van der Waals surface area contributed by atoms with Crippen LogP contribution in [0.15, 0.2) is 63.7 Å². The molecule has 0 aliphatic heterocycles. The number of para-hydroxylation sites is 1. The lowest BCUT2D eigenvalue weighted by Gasteiger charge is -2.14. The van der Waals surface area contributed by atoms with E-state index in [1.54, 1.807) is 10.9 Å². The van der Waals surface area contributed by atoms with Crippen molar-refractivity contribution in [1.82, 2.24) is 15.0 Å². The first-order chi connectivity index (χ1) is 10.2. The minimum atomic E-state index is -0.817. The quantitative estimate of drug-likeness (QED) is 0.715. The van der Waals surface area contributed by atoms with Crippen LogP contribution in [0.3, 0.4) is 0 Å². The zero-order valence-corrected chi connectivity index (χ0v) is 14.0.